The van der Waals surface area contributed by atoms with Crippen LogP contribution in [0, 0.1) is 0 Å². The van der Waals surface area contributed by atoms with Crippen LogP contribution < -0.4 is 15.2 Å². The Kier molecular flexibility index (Phi) is 5.80. The summed E-state index contributed by atoms with van der Waals surface area (Å²) >= 11 is 1.16. The number of ether oxygens (including phenoxy) is 1. The van der Waals surface area contributed by atoms with Crippen LogP contribution in [-0.4, -0.2) is 23.9 Å². The lowest BCUT2D eigenvalue weighted by Crippen LogP contribution is -2.26. The molecule has 0 atom stereocenters. The Morgan fingerprint density at radius 2 is 1.89 bits per heavy atom. The first-order valence-corrected chi connectivity index (χ1v) is 8.86. The number of fused-ring (bicyclic) bond motifs is 1. The van der Waals surface area contributed by atoms with Crippen molar-refractivity contribution in [3.63, 3.8) is 0 Å². The number of halogens is 3. The number of nitrogens with two attached hydrogens (primary N) is 1. The molecule has 0 aliphatic rings. The molecule has 3 rings (SSSR count). The second-order valence-corrected chi connectivity index (χ2v) is 6.48. The minimum Gasteiger partial charge on any atom is -0.406 e. The maximum Gasteiger partial charge on any atom is 0.573 e. The van der Waals surface area contributed by atoms with Gasteiger partial charge in [0.2, 0.25) is 0 Å². The van der Waals surface area contributed by atoms with Crippen molar-refractivity contribution in [3.05, 3.63) is 60.3 Å². The minimum absolute atomic E-state index is 0.246. The highest BCUT2D eigenvalue weighted by atomic mass is 32.2. The van der Waals surface area contributed by atoms with Gasteiger partial charge in [-0.2, -0.15) is 0 Å². The van der Waals surface area contributed by atoms with Gasteiger partial charge in [-0.25, -0.2) is 0 Å². The summed E-state index contributed by atoms with van der Waals surface area (Å²) < 4.78 is 43.1. The molecule has 0 unspecified atom stereocenters. The number of nitrogens with zero attached hydrogens (tertiary/aromatic N) is 1. The molecule has 5 nitrogen and oxygen atoms in total. The molecule has 9 heteroatoms. The van der Waals surface area contributed by atoms with Gasteiger partial charge in [-0.15, -0.1) is 13.2 Å². The maximum absolute atomic E-state index is 12.1. The van der Waals surface area contributed by atoms with Crippen LogP contribution in [0.5, 0.6) is 5.75 Å². The molecule has 1 heterocycles. The van der Waals surface area contributed by atoms with E-state index in [0.29, 0.717) is 11.4 Å². The van der Waals surface area contributed by atoms with Gasteiger partial charge >= 0.3 is 6.36 Å². The van der Waals surface area contributed by atoms with Crippen LogP contribution in [0.15, 0.2) is 64.6 Å². The smallest absolute Gasteiger partial charge is 0.406 e. The molecule has 0 fully saturated rings. The van der Waals surface area contributed by atoms with Gasteiger partial charge in [-0.05, 0) is 54.3 Å². The maximum atomic E-state index is 12.1. The molecule has 0 bridgehead atoms. The van der Waals surface area contributed by atoms with Crippen LogP contribution in [-0.2, 0) is 6.42 Å². The fraction of sp³-hybridized carbons (Fsp3) is 0.167. The summed E-state index contributed by atoms with van der Waals surface area (Å²) in [5, 5.41) is 1.16. The van der Waals surface area contributed by atoms with Crippen LogP contribution >= 0.6 is 11.9 Å². The molecule has 142 valence electrons. The lowest BCUT2D eigenvalue weighted by molar-refractivity contribution is -0.274. The van der Waals surface area contributed by atoms with Crippen LogP contribution in [0.25, 0.3) is 10.9 Å². The van der Waals surface area contributed by atoms with E-state index in [4.69, 9.17) is 5.73 Å². The van der Waals surface area contributed by atoms with E-state index >= 15 is 0 Å². The number of rotatable bonds is 6. The van der Waals surface area contributed by atoms with Gasteiger partial charge in [0.05, 0.1) is 0 Å². The average Bonchev–Trinajstić information content (AvgIpc) is 3.03. The van der Waals surface area contributed by atoms with Crippen LogP contribution in [0.2, 0.25) is 0 Å². The Balaban J connectivity index is 1.48. The standard InChI is InChI=1S/C18H17F3N4OS/c19-18(20,21)26-13-5-7-14(8-6-13)27-25-17(22)23-10-9-12-11-24-16-4-2-1-3-15(12)16/h1-8,11,24H,9-10H2,(H3,22,23,25). The monoisotopic (exact) mass is 394 g/mol. The van der Waals surface area contributed by atoms with Gasteiger partial charge in [0.25, 0.3) is 0 Å². The molecule has 0 aliphatic carbocycles. The number of benzene rings is 2. The van der Waals surface area contributed by atoms with Gasteiger partial charge in [-0.3, -0.25) is 9.71 Å². The molecule has 0 spiro atoms. The van der Waals surface area contributed by atoms with E-state index in [2.05, 4.69) is 25.5 Å². The van der Waals surface area contributed by atoms with Crippen molar-refractivity contribution < 1.29 is 17.9 Å². The molecule has 2 aromatic carbocycles. The number of aromatic amines is 1. The number of nitrogens with one attached hydrogen (secondary N) is 2. The Morgan fingerprint density at radius 3 is 2.63 bits per heavy atom. The molecular weight excluding hydrogens is 377 g/mol. The van der Waals surface area contributed by atoms with E-state index in [1.165, 1.54) is 24.3 Å². The molecule has 0 saturated carbocycles. The number of para-hydroxylation sites is 1. The fourth-order valence-electron chi connectivity index (χ4n) is 2.49. The molecule has 0 saturated heterocycles. The molecule has 0 amide bonds. The van der Waals surface area contributed by atoms with E-state index in [-0.39, 0.29) is 11.7 Å². The third-order valence-electron chi connectivity index (χ3n) is 3.67. The summed E-state index contributed by atoms with van der Waals surface area (Å²) in [6, 6.07) is 13.5. The van der Waals surface area contributed by atoms with Gasteiger partial charge in [0, 0.05) is 28.5 Å². The van der Waals surface area contributed by atoms with Gasteiger partial charge < -0.3 is 15.5 Å². The number of H-pyrrole nitrogens is 1. The van der Waals surface area contributed by atoms with Crippen molar-refractivity contribution in [1.82, 2.24) is 9.71 Å². The summed E-state index contributed by atoms with van der Waals surface area (Å²) in [6.07, 6.45) is -2.00. The quantitative estimate of drug-likeness (QED) is 0.332. The Morgan fingerprint density at radius 1 is 1.15 bits per heavy atom. The van der Waals surface area contributed by atoms with E-state index in [9.17, 15) is 13.2 Å². The third-order valence-corrected chi connectivity index (χ3v) is 4.49. The summed E-state index contributed by atoms with van der Waals surface area (Å²) in [5.41, 5.74) is 8.07. The fourth-order valence-corrected chi connectivity index (χ4v) is 3.05. The lowest BCUT2D eigenvalue weighted by atomic mass is 10.1. The minimum atomic E-state index is -4.70. The normalized spacial score (nSPS) is 12.3. The average molecular weight is 394 g/mol. The molecule has 3 aromatic rings. The molecule has 4 N–H and O–H groups in total. The number of hydrogen-bond donors (Lipinski definition) is 3. The van der Waals surface area contributed by atoms with E-state index in [1.54, 1.807) is 0 Å². The highest BCUT2D eigenvalue weighted by Crippen LogP contribution is 2.25. The summed E-state index contributed by atoms with van der Waals surface area (Å²) in [7, 11) is 0. The number of hydrogen-bond acceptors (Lipinski definition) is 3. The van der Waals surface area contributed by atoms with Crippen LogP contribution in [0.3, 0.4) is 0 Å². The Labute approximate surface area is 157 Å². The second-order valence-electron chi connectivity index (χ2n) is 5.60. The van der Waals surface area contributed by atoms with Crippen LogP contribution in [0.4, 0.5) is 13.2 Å². The van der Waals surface area contributed by atoms with Gasteiger partial charge in [0.15, 0.2) is 5.96 Å². The lowest BCUT2D eigenvalue weighted by Gasteiger charge is -2.09. The first-order valence-electron chi connectivity index (χ1n) is 8.04. The number of alkyl halides is 3. The number of guanidine groups is 1. The van der Waals surface area contributed by atoms with Crippen LogP contribution in [0.1, 0.15) is 5.56 Å². The predicted molar refractivity (Wildman–Crippen MR) is 101 cm³/mol. The zero-order valence-electron chi connectivity index (χ0n) is 14.1. The van der Waals surface area contributed by atoms with Crippen molar-refractivity contribution in [2.24, 2.45) is 10.7 Å². The van der Waals surface area contributed by atoms with Gasteiger partial charge in [-0.1, -0.05) is 18.2 Å². The van der Waals surface area contributed by atoms with Gasteiger partial charge in [0.1, 0.15) is 5.75 Å². The summed E-state index contributed by atoms with van der Waals surface area (Å²) in [5.74, 6) is -0.0253. The zero-order valence-corrected chi connectivity index (χ0v) is 14.9. The molecule has 0 radical (unpaired) electrons. The number of aromatic nitrogens is 1. The summed E-state index contributed by atoms with van der Waals surface area (Å²) in [6.45, 7) is 0.513. The first kappa shape index (κ1) is 19.0. The number of aliphatic imine (C=N–C) groups is 1. The highest BCUT2D eigenvalue weighted by molar-refractivity contribution is 7.98. The van der Waals surface area contributed by atoms with Crippen molar-refractivity contribution in [2.75, 3.05) is 6.54 Å². The highest BCUT2D eigenvalue weighted by Gasteiger charge is 2.30. The predicted octanol–water partition coefficient (Wildman–Crippen LogP) is 4.22. The Hall–Kier alpha value is -2.81. The van der Waals surface area contributed by atoms with E-state index in [1.807, 2.05) is 24.4 Å². The third kappa shape index (κ3) is 5.58. The van der Waals surface area contributed by atoms with E-state index in [0.717, 1.165) is 34.8 Å². The molecule has 0 aliphatic heterocycles. The van der Waals surface area contributed by atoms with Crippen molar-refractivity contribution in [3.8, 4) is 5.75 Å². The second kappa shape index (κ2) is 8.26. The summed E-state index contributed by atoms with van der Waals surface area (Å²) in [4.78, 5) is 8.15. The zero-order chi connectivity index (χ0) is 19.3. The molecule has 27 heavy (non-hydrogen) atoms. The topological polar surface area (TPSA) is 75.4 Å². The molecule has 1 aromatic heterocycles. The van der Waals surface area contributed by atoms with Crippen molar-refractivity contribution in [2.45, 2.75) is 17.7 Å². The first-order chi connectivity index (χ1) is 12.9. The van der Waals surface area contributed by atoms with Crippen molar-refractivity contribution >= 4 is 28.8 Å². The SMILES string of the molecule is NC(=NCCc1c[nH]c2ccccc12)NSc1ccc(OC(F)(F)F)cc1. The van der Waals surface area contributed by atoms with E-state index < -0.39 is 6.36 Å². The molecular formula is C18H17F3N4OS. The Bertz CT molecular complexity index is 922. The largest absolute Gasteiger partial charge is 0.573 e. The van der Waals surface area contributed by atoms with Crippen molar-refractivity contribution in [1.29, 1.82) is 0 Å².